The summed E-state index contributed by atoms with van der Waals surface area (Å²) in [7, 11) is 0. The third-order valence-electron chi connectivity index (χ3n) is 6.13. The van der Waals surface area contributed by atoms with Crippen molar-refractivity contribution < 1.29 is 18.7 Å². The van der Waals surface area contributed by atoms with E-state index in [2.05, 4.69) is 41.7 Å². The number of carbonyl (C=O) groups is 1. The van der Waals surface area contributed by atoms with E-state index in [1.807, 2.05) is 46.1 Å². The molecule has 0 bridgehead atoms. The van der Waals surface area contributed by atoms with Crippen LogP contribution in [0.15, 0.2) is 65.3 Å². The molecule has 0 aliphatic rings. The molecule has 0 radical (unpaired) electrons. The molecule has 3 aromatic carbocycles. The summed E-state index contributed by atoms with van der Waals surface area (Å²) in [4.78, 5) is 12.6. The van der Waals surface area contributed by atoms with Crippen molar-refractivity contribution in [2.75, 3.05) is 26.4 Å². The van der Waals surface area contributed by atoms with Crippen LogP contribution in [0.1, 0.15) is 38.3 Å². The molecule has 4 aromatic rings. The van der Waals surface area contributed by atoms with Crippen LogP contribution in [0.4, 0.5) is 0 Å². The first-order valence-electron chi connectivity index (χ1n) is 12.2. The number of hydrogen-bond acceptors (Lipinski definition) is 4. The highest BCUT2D eigenvalue weighted by molar-refractivity contribution is 6.02. The summed E-state index contributed by atoms with van der Waals surface area (Å²) in [5.74, 6) is 0.624. The fourth-order valence-electron chi connectivity index (χ4n) is 4.38. The first-order valence-corrected chi connectivity index (χ1v) is 12.2. The summed E-state index contributed by atoms with van der Waals surface area (Å²) in [6.07, 6.45) is 4.23. The van der Waals surface area contributed by atoms with Gasteiger partial charge in [-0.2, -0.15) is 0 Å². The average Bonchev–Trinajstić information content (AvgIpc) is 3.29. The minimum absolute atomic E-state index is 0.124. The molecule has 1 N–H and O–H groups in total. The highest BCUT2D eigenvalue weighted by atomic mass is 16.5. The summed E-state index contributed by atoms with van der Waals surface area (Å²) in [5, 5.41) is 6.32. The monoisotopic (exact) mass is 471 g/mol. The van der Waals surface area contributed by atoms with Crippen LogP contribution in [0, 0.1) is 6.92 Å². The molecule has 5 nitrogen and oxygen atoms in total. The third kappa shape index (κ3) is 5.41. The maximum Gasteiger partial charge on any atom is 0.244 e. The van der Waals surface area contributed by atoms with Crippen LogP contribution >= 0.6 is 0 Å². The second-order valence-corrected chi connectivity index (χ2v) is 8.57. The minimum atomic E-state index is -0.124. The zero-order valence-electron chi connectivity index (χ0n) is 20.9. The summed E-state index contributed by atoms with van der Waals surface area (Å²) in [5.41, 5.74) is 5.57. The van der Waals surface area contributed by atoms with Crippen LogP contribution in [0.25, 0.3) is 38.4 Å². The van der Waals surface area contributed by atoms with Crippen LogP contribution in [0.3, 0.4) is 0 Å². The molecule has 0 aliphatic heterocycles. The highest BCUT2D eigenvalue weighted by Gasteiger charge is 2.19. The molecule has 0 saturated heterocycles. The van der Waals surface area contributed by atoms with Crippen molar-refractivity contribution in [3.63, 3.8) is 0 Å². The second kappa shape index (κ2) is 11.2. The number of benzene rings is 3. The van der Waals surface area contributed by atoms with Gasteiger partial charge in [0.1, 0.15) is 11.3 Å². The van der Waals surface area contributed by atoms with E-state index in [4.69, 9.17) is 13.9 Å². The summed E-state index contributed by atoms with van der Waals surface area (Å²) in [6, 6.07) is 16.8. The van der Waals surface area contributed by atoms with E-state index in [0.29, 0.717) is 26.4 Å². The second-order valence-electron chi connectivity index (χ2n) is 8.57. The highest BCUT2D eigenvalue weighted by Crippen LogP contribution is 2.41. The van der Waals surface area contributed by atoms with Crippen molar-refractivity contribution in [2.24, 2.45) is 0 Å². The molecule has 35 heavy (non-hydrogen) atoms. The molecule has 0 atom stereocenters. The van der Waals surface area contributed by atoms with E-state index in [1.54, 1.807) is 6.08 Å². The van der Waals surface area contributed by atoms with Gasteiger partial charge in [-0.05, 0) is 68.2 Å². The van der Waals surface area contributed by atoms with Crippen LogP contribution in [-0.4, -0.2) is 32.3 Å². The van der Waals surface area contributed by atoms with Crippen LogP contribution in [0.5, 0.6) is 5.75 Å². The standard InChI is InChI=1S/C30H33NO4/c1-5-33-15-9-14-31-28(32)16-20(3)25-18-26-27(19-35-30(26)21(4)29(25)34-6-2)24-13-12-22-10-7-8-11-23(22)17-24/h7-8,10-13,16-19H,5-6,9,14-15H2,1-4H3,(H,31,32)/b20-16+. The number of amides is 1. The Morgan fingerprint density at radius 2 is 1.86 bits per heavy atom. The lowest BCUT2D eigenvalue weighted by molar-refractivity contribution is -0.116. The Morgan fingerprint density at radius 3 is 2.63 bits per heavy atom. The first kappa shape index (κ1) is 24.6. The Labute approximate surface area is 206 Å². The quantitative estimate of drug-likeness (QED) is 0.202. The number of hydrogen-bond donors (Lipinski definition) is 1. The SMILES string of the molecule is CCOCCCNC(=O)/C=C(\C)c1cc2c(-c3ccc4ccccc4c3)coc2c(C)c1OCC. The smallest absolute Gasteiger partial charge is 0.244 e. The first-order chi connectivity index (χ1) is 17.0. The Balaban J connectivity index is 1.72. The van der Waals surface area contributed by atoms with Gasteiger partial charge in [0.2, 0.25) is 5.91 Å². The van der Waals surface area contributed by atoms with Crippen molar-refractivity contribution in [3.8, 4) is 16.9 Å². The zero-order valence-corrected chi connectivity index (χ0v) is 20.9. The Kier molecular flexibility index (Phi) is 7.88. The van der Waals surface area contributed by atoms with Gasteiger partial charge in [-0.25, -0.2) is 0 Å². The molecular weight excluding hydrogens is 438 g/mol. The number of carbonyl (C=O) groups excluding carboxylic acids is 1. The molecule has 4 rings (SSSR count). The molecule has 0 saturated carbocycles. The lowest BCUT2D eigenvalue weighted by Gasteiger charge is -2.15. The fraction of sp³-hybridized carbons (Fsp3) is 0.300. The van der Waals surface area contributed by atoms with Crippen LogP contribution < -0.4 is 10.1 Å². The zero-order chi connectivity index (χ0) is 24.8. The fourth-order valence-corrected chi connectivity index (χ4v) is 4.38. The molecule has 1 amide bonds. The van der Waals surface area contributed by atoms with Gasteiger partial charge in [-0.1, -0.05) is 36.4 Å². The van der Waals surface area contributed by atoms with E-state index in [0.717, 1.165) is 51.0 Å². The van der Waals surface area contributed by atoms with Gasteiger partial charge in [-0.15, -0.1) is 0 Å². The number of aryl methyl sites for hydroxylation is 1. The Morgan fingerprint density at radius 1 is 1.06 bits per heavy atom. The lowest BCUT2D eigenvalue weighted by atomic mass is 9.95. The largest absolute Gasteiger partial charge is 0.493 e. The van der Waals surface area contributed by atoms with Gasteiger partial charge in [0.05, 0.1) is 12.9 Å². The lowest BCUT2D eigenvalue weighted by Crippen LogP contribution is -2.23. The number of furan rings is 1. The van der Waals surface area contributed by atoms with E-state index >= 15 is 0 Å². The predicted molar refractivity (Wildman–Crippen MR) is 143 cm³/mol. The van der Waals surface area contributed by atoms with Crippen molar-refractivity contribution >= 4 is 33.2 Å². The number of rotatable bonds is 10. The van der Waals surface area contributed by atoms with Gasteiger partial charge >= 0.3 is 0 Å². The topological polar surface area (TPSA) is 60.7 Å². The number of nitrogens with one attached hydrogen (secondary N) is 1. The summed E-state index contributed by atoms with van der Waals surface area (Å²) < 4.78 is 17.4. The van der Waals surface area contributed by atoms with E-state index < -0.39 is 0 Å². The molecule has 0 aliphatic carbocycles. The molecule has 182 valence electrons. The van der Waals surface area contributed by atoms with Crippen LogP contribution in [0.2, 0.25) is 0 Å². The van der Waals surface area contributed by atoms with Crippen molar-refractivity contribution in [1.29, 1.82) is 0 Å². The molecule has 0 spiro atoms. The van der Waals surface area contributed by atoms with Crippen LogP contribution in [-0.2, 0) is 9.53 Å². The Hall–Kier alpha value is -3.57. The summed E-state index contributed by atoms with van der Waals surface area (Å²) in [6.45, 7) is 10.3. The van der Waals surface area contributed by atoms with E-state index in [-0.39, 0.29) is 5.91 Å². The molecule has 0 unspecified atom stereocenters. The van der Waals surface area contributed by atoms with Gasteiger partial charge in [-0.3, -0.25) is 4.79 Å². The predicted octanol–water partition coefficient (Wildman–Crippen LogP) is 6.91. The summed E-state index contributed by atoms with van der Waals surface area (Å²) >= 11 is 0. The number of allylic oxidation sites excluding steroid dienone is 1. The van der Waals surface area contributed by atoms with Crippen molar-refractivity contribution in [3.05, 3.63) is 72.0 Å². The van der Waals surface area contributed by atoms with Gasteiger partial charge in [0.25, 0.3) is 0 Å². The van der Waals surface area contributed by atoms with Gasteiger partial charge in [0.15, 0.2) is 0 Å². The number of fused-ring (bicyclic) bond motifs is 2. The normalized spacial score (nSPS) is 11.8. The average molecular weight is 472 g/mol. The van der Waals surface area contributed by atoms with Gasteiger partial charge < -0.3 is 19.2 Å². The van der Waals surface area contributed by atoms with Gasteiger partial charge in [0, 0.05) is 47.9 Å². The minimum Gasteiger partial charge on any atom is -0.493 e. The van der Waals surface area contributed by atoms with Crippen molar-refractivity contribution in [2.45, 2.75) is 34.1 Å². The van der Waals surface area contributed by atoms with E-state index in [1.165, 1.54) is 10.8 Å². The maximum absolute atomic E-state index is 12.6. The molecular formula is C30H33NO4. The molecule has 5 heteroatoms. The third-order valence-corrected chi connectivity index (χ3v) is 6.13. The maximum atomic E-state index is 12.6. The molecule has 0 fully saturated rings. The molecule has 1 heterocycles. The Bertz CT molecular complexity index is 1370. The van der Waals surface area contributed by atoms with Crippen molar-refractivity contribution in [1.82, 2.24) is 5.32 Å². The van der Waals surface area contributed by atoms with E-state index in [9.17, 15) is 4.79 Å². The number of ether oxygens (including phenoxy) is 2. The molecule has 1 aromatic heterocycles.